The Hall–Kier alpha value is -1.53. The molecule has 114 valence electrons. The first-order chi connectivity index (χ1) is 9.31. The van der Waals surface area contributed by atoms with E-state index in [0.29, 0.717) is 12.8 Å². The third kappa shape index (κ3) is 5.63. The van der Waals surface area contributed by atoms with E-state index in [2.05, 4.69) is 5.32 Å². The third-order valence-corrected chi connectivity index (χ3v) is 3.27. The maximum atomic E-state index is 11.9. The van der Waals surface area contributed by atoms with Gasteiger partial charge in [0, 0.05) is 13.0 Å². The van der Waals surface area contributed by atoms with E-state index in [4.69, 9.17) is 5.11 Å². The van der Waals surface area contributed by atoms with Crippen molar-refractivity contribution in [3.05, 3.63) is 12.2 Å². The zero-order valence-corrected chi connectivity index (χ0v) is 10.9. The number of carbonyl (C=O) groups is 2. The van der Waals surface area contributed by atoms with Crippen LogP contribution >= 0.6 is 0 Å². The van der Waals surface area contributed by atoms with Gasteiger partial charge in [-0.15, -0.1) is 0 Å². The Morgan fingerprint density at radius 2 is 1.75 bits per heavy atom. The highest BCUT2D eigenvalue weighted by molar-refractivity contribution is 5.85. The van der Waals surface area contributed by atoms with Gasteiger partial charge in [-0.2, -0.15) is 13.2 Å². The van der Waals surface area contributed by atoms with Crippen LogP contribution in [0.15, 0.2) is 12.2 Å². The molecule has 0 aromatic heterocycles. The average Bonchev–Trinajstić information content (AvgIpc) is 2.36. The summed E-state index contributed by atoms with van der Waals surface area (Å²) >= 11 is 0. The van der Waals surface area contributed by atoms with Crippen molar-refractivity contribution in [2.24, 2.45) is 11.8 Å². The number of carboxylic acid groups (broad SMARTS) is 1. The topological polar surface area (TPSA) is 66.4 Å². The Balaban J connectivity index is 2.31. The van der Waals surface area contributed by atoms with Crippen molar-refractivity contribution in [1.29, 1.82) is 0 Å². The Morgan fingerprint density at radius 3 is 2.30 bits per heavy atom. The van der Waals surface area contributed by atoms with Gasteiger partial charge in [0.2, 0.25) is 5.91 Å². The first-order valence-electron chi connectivity index (χ1n) is 6.53. The van der Waals surface area contributed by atoms with Gasteiger partial charge in [0.05, 0.1) is 11.8 Å². The number of hydrogen-bond acceptors (Lipinski definition) is 2. The van der Waals surface area contributed by atoms with Crippen LogP contribution in [-0.4, -0.2) is 29.7 Å². The number of allylic oxidation sites excluding steroid dienone is 2. The van der Waals surface area contributed by atoms with Crippen LogP contribution in [0.3, 0.4) is 0 Å². The van der Waals surface area contributed by atoms with Crippen LogP contribution in [-0.2, 0) is 9.59 Å². The number of unbranched alkanes of at least 4 members (excludes halogenated alkanes) is 1. The summed E-state index contributed by atoms with van der Waals surface area (Å²) < 4.78 is 35.7. The fourth-order valence-electron chi connectivity index (χ4n) is 2.17. The lowest BCUT2D eigenvalue weighted by molar-refractivity contribution is -0.147. The predicted molar refractivity (Wildman–Crippen MR) is 65.9 cm³/mol. The fraction of sp³-hybridized carbons (Fsp3) is 0.692. The molecule has 20 heavy (non-hydrogen) atoms. The molecule has 0 spiro atoms. The molecule has 0 heterocycles. The summed E-state index contributed by atoms with van der Waals surface area (Å²) in [5.74, 6) is -2.81. The molecule has 4 nitrogen and oxygen atoms in total. The summed E-state index contributed by atoms with van der Waals surface area (Å²) in [6, 6.07) is 0. The van der Waals surface area contributed by atoms with Crippen molar-refractivity contribution in [2.75, 3.05) is 6.54 Å². The number of rotatable bonds is 6. The Morgan fingerprint density at radius 1 is 1.15 bits per heavy atom. The van der Waals surface area contributed by atoms with Gasteiger partial charge in [-0.25, -0.2) is 0 Å². The van der Waals surface area contributed by atoms with Crippen LogP contribution in [0.25, 0.3) is 0 Å². The number of carboxylic acids is 1. The lowest BCUT2D eigenvalue weighted by Gasteiger charge is -2.24. The Bertz CT molecular complexity index is 380. The van der Waals surface area contributed by atoms with E-state index >= 15 is 0 Å². The minimum absolute atomic E-state index is 0.0449. The number of alkyl halides is 3. The van der Waals surface area contributed by atoms with Gasteiger partial charge in [0.1, 0.15) is 0 Å². The molecule has 1 amide bonds. The van der Waals surface area contributed by atoms with Gasteiger partial charge in [-0.3, -0.25) is 9.59 Å². The van der Waals surface area contributed by atoms with Crippen LogP contribution in [0.1, 0.15) is 32.1 Å². The van der Waals surface area contributed by atoms with Crippen molar-refractivity contribution in [3.8, 4) is 0 Å². The largest absolute Gasteiger partial charge is 0.481 e. The highest BCUT2D eigenvalue weighted by Gasteiger charge is 2.33. The molecule has 7 heteroatoms. The molecule has 2 N–H and O–H groups in total. The van der Waals surface area contributed by atoms with Gasteiger partial charge >= 0.3 is 12.1 Å². The van der Waals surface area contributed by atoms with Crippen molar-refractivity contribution < 1.29 is 27.9 Å². The molecule has 1 rings (SSSR count). The number of amides is 1. The SMILES string of the molecule is O=C(O)C1CC=CCC1C(=O)NCCCCC(F)(F)F. The van der Waals surface area contributed by atoms with E-state index in [-0.39, 0.29) is 19.4 Å². The maximum Gasteiger partial charge on any atom is 0.389 e. The fourth-order valence-corrected chi connectivity index (χ4v) is 2.17. The molecule has 0 saturated heterocycles. The van der Waals surface area contributed by atoms with Gasteiger partial charge < -0.3 is 10.4 Å². The number of carbonyl (C=O) groups excluding carboxylic acids is 1. The molecule has 2 unspecified atom stereocenters. The van der Waals surface area contributed by atoms with Crippen LogP contribution in [0.5, 0.6) is 0 Å². The van der Waals surface area contributed by atoms with Crippen molar-refractivity contribution in [2.45, 2.75) is 38.3 Å². The molecule has 0 bridgehead atoms. The molecule has 0 aromatic carbocycles. The third-order valence-electron chi connectivity index (χ3n) is 3.27. The summed E-state index contributed by atoms with van der Waals surface area (Å²) in [6.45, 7) is 0.140. The Kier molecular flexibility index (Phi) is 6.04. The van der Waals surface area contributed by atoms with E-state index in [0.717, 1.165) is 0 Å². The average molecular weight is 293 g/mol. The highest BCUT2D eigenvalue weighted by atomic mass is 19.4. The molecule has 0 aromatic rings. The lowest BCUT2D eigenvalue weighted by atomic mass is 9.82. The summed E-state index contributed by atoms with van der Waals surface area (Å²) in [5.41, 5.74) is 0. The Labute approximate surface area is 115 Å². The monoisotopic (exact) mass is 293 g/mol. The van der Waals surface area contributed by atoms with Crippen LogP contribution < -0.4 is 5.32 Å². The van der Waals surface area contributed by atoms with Crippen LogP contribution in [0.4, 0.5) is 13.2 Å². The number of aliphatic carboxylic acids is 1. The molecule has 0 fully saturated rings. The summed E-state index contributed by atoms with van der Waals surface area (Å²) in [4.78, 5) is 22.9. The predicted octanol–water partition coefficient (Wildman–Crippen LogP) is 2.50. The number of nitrogens with one attached hydrogen (secondary N) is 1. The smallest absolute Gasteiger partial charge is 0.389 e. The summed E-state index contributed by atoms with van der Waals surface area (Å²) in [7, 11) is 0. The summed E-state index contributed by atoms with van der Waals surface area (Å²) in [5, 5.41) is 11.5. The number of halogens is 3. The molecule has 0 aliphatic heterocycles. The maximum absolute atomic E-state index is 11.9. The number of hydrogen-bond donors (Lipinski definition) is 2. The first kappa shape index (κ1) is 16.5. The minimum atomic E-state index is -4.17. The van der Waals surface area contributed by atoms with Gasteiger partial charge in [-0.05, 0) is 25.7 Å². The molecule has 0 saturated carbocycles. The molecular weight excluding hydrogens is 275 g/mol. The quantitative estimate of drug-likeness (QED) is 0.584. The standard InChI is InChI=1S/C13H18F3NO3/c14-13(15,16)7-3-4-8-17-11(18)9-5-1-2-6-10(9)12(19)20/h1-2,9-10H,3-8H2,(H,17,18)(H,19,20). The minimum Gasteiger partial charge on any atom is -0.481 e. The molecule has 1 aliphatic rings. The van der Waals surface area contributed by atoms with E-state index in [9.17, 15) is 22.8 Å². The van der Waals surface area contributed by atoms with Crippen molar-refractivity contribution in [3.63, 3.8) is 0 Å². The van der Waals surface area contributed by atoms with Gasteiger partial charge in [0.25, 0.3) is 0 Å². The molecule has 0 radical (unpaired) electrons. The zero-order valence-electron chi connectivity index (χ0n) is 10.9. The van der Waals surface area contributed by atoms with Crippen LogP contribution in [0.2, 0.25) is 0 Å². The molecule has 1 aliphatic carbocycles. The van der Waals surface area contributed by atoms with Crippen LogP contribution in [0, 0.1) is 11.8 Å². The normalized spacial score (nSPS) is 22.6. The van der Waals surface area contributed by atoms with E-state index < -0.39 is 36.3 Å². The molecule has 2 atom stereocenters. The van der Waals surface area contributed by atoms with Crippen molar-refractivity contribution in [1.82, 2.24) is 5.32 Å². The first-order valence-corrected chi connectivity index (χ1v) is 6.53. The van der Waals surface area contributed by atoms with Gasteiger partial charge in [-0.1, -0.05) is 12.2 Å². The second kappa shape index (κ2) is 7.31. The van der Waals surface area contributed by atoms with Gasteiger partial charge in [0.15, 0.2) is 0 Å². The van der Waals surface area contributed by atoms with Crippen molar-refractivity contribution >= 4 is 11.9 Å². The van der Waals surface area contributed by atoms with E-state index in [1.165, 1.54) is 0 Å². The summed E-state index contributed by atoms with van der Waals surface area (Å²) in [6.07, 6.45) is -0.715. The lowest BCUT2D eigenvalue weighted by Crippen LogP contribution is -2.39. The molecular formula is C13H18F3NO3. The second-order valence-electron chi connectivity index (χ2n) is 4.86. The van der Waals surface area contributed by atoms with E-state index in [1.807, 2.05) is 0 Å². The zero-order chi connectivity index (χ0) is 15.2. The second-order valence-corrected chi connectivity index (χ2v) is 4.86. The highest BCUT2D eigenvalue weighted by Crippen LogP contribution is 2.26. The van der Waals surface area contributed by atoms with E-state index in [1.54, 1.807) is 12.2 Å².